The van der Waals surface area contributed by atoms with Gasteiger partial charge in [0.25, 0.3) is 0 Å². The van der Waals surface area contributed by atoms with Gasteiger partial charge in [-0.05, 0) is 44.1 Å². The molecule has 2 amide bonds. The zero-order valence-electron chi connectivity index (χ0n) is 18.7. The molecule has 7 nitrogen and oxygen atoms in total. The van der Waals surface area contributed by atoms with Crippen LogP contribution in [0.4, 0.5) is 23.7 Å². The van der Waals surface area contributed by atoms with Crippen LogP contribution in [0.25, 0.3) is 5.70 Å². The van der Waals surface area contributed by atoms with Crippen LogP contribution in [0.15, 0.2) is 66.8 Å². The second-order valence-electron chi connectivity index (χ2n) is 7.68. The molecule has 0 spiro atoms. The Balaban J connectivity index is 1.66. The highest BCUT2D eigenvalue weighted by atomic mass is 19.4. The molecule has 1 aromatic carbocycles. The van der Waals surface area contributed by atoms with Crippen LogP contribution >= 0.6 is 0 Å². The molecule has 2 aromatic rings. The number of halogens is 3. The lowest BCUT2D eigenvalue weighted by molar-refractivity contribution is -0.122. The highest BCUT2D eigenvalue weighted by Crippen LogP contribution is 2.24. The van der Waals surface area contributed by atoms with Gasteiger partial charge in [-0.15, -0.1) is 0 Å². The lowest BCUT2D eigenvalue weighted by Gasteiger charge is -2.25. The number of hydrogen-bond acceptors (Lipinski definition) is 4. The van der Waals surface area contributed by atoms with E-state index in [4.69, 9.17) is 5.73 Å². The molecule has 2 heterocycles. The van der Waals surface area contributed by atoms with Crippen LogP contribution in [-0.2, 0) is 0 Å². The number of nitrogens with one attached hydrogen (secondary N) is 2. The van der Waals surface area contributed by atoms with Gasteiger partial charge in [0.1, 0.15) is 6.54 Å². The quantitative estimate of drug-likeness (QED) is 0.572. The molecule has 0 atom stereocenters. The first-order valence-electron chi connectivity index (χ1n) is 10.5. The SMILES string of the molecule is CC(C)n1ccnc1C#CC1=CCN(/C(=C\N)c2cccc(NC(=O)NCC(F)(F)F)c2)C=C1. The Morgan fingerprint density at radius 2 is 2.12 bits per heavy atom. The Morgan fingerprint density at radius 1 is 1.32 bits per heavy atom. The topological polar surface area (TPSA) is 88.2 Å². The third-order valence-corrected chi connectivity index (χ3v) is 4.82. The fourth-order valence-corrected chi connectivity index (χ4v) is 3.19. The van der Waals surface area contributed by atoms with Crippen LogP contribution in [0, 0.1) is 11.8 Å². The Hall–Kier alpha value is -4.13. The van der Waals surface area contributed by atoms with E-state index in [0.29, 0.717) is 29.3 Å². The van der Waals surface area contributed by atoms with E-state index in [0.717, 1.165) is 5.57 Å². The maximum absolute atomic E-state index is 12.3. The van der Waals surface area contributed by atoms with E-state index >= 15 is 0 Å². The van der Waals surface area contributed by atoms with Crippen LogP contribution in [-0.4, -0.2) is 39.7 Å². The molecule has 34 heavy (non-hydrogen) atoms. The van der Waals surface area contributed by atoms with Crippen molar-refractivity contribution >= 4 is 17.4 Å². The summed E-state index contributed by atoms with van der Waals surface area (Å²) >= 11 is 0. The summed E-state index contributed by atoms with van der Waals surface area (Å²) in [6.45, 7) is 3.21. The first-order valence-corrected chi connectivity index (χ1v) is 10.5. The summed E-state index contributed by atoms with van der Waals surface area (Å²) in [7, 11) is 0. The third kappa shape index (κ3) is 6.68. The van der Waals surface area contributed by atoms with Crippen molar-refractivity contribution in [2.75, 3.05) is 18.4 Å². The second-order valence-corrected chi connectivity index (χ2v) is 7.68. The molecular formula is C24H25F3N6O. The van der Waals surface area contributed by atoms with Gasteiger partial charge in [-0.3, -0.25) is 0 Å². The van der Waals surface area contributed by atoms with E-state index in [1.165, 1.54) is 6.20 Å². The largest absolute Gasteiger partial charge is 0.405 e. The zero-order valence-corrected chi connectivity index (χ0v) is 18.7. The van der Waals surface area contributed by atoms with Gasteiger partial charge in [-0.2, -0.15) is 13.2 Å². The smallest absolute Gasteiger partial charge is 0.403 e. The van der Waals surface area contributed by atoms with Crippen LogP contribution in [0.3, 0.4) is 0 Å². The lowest BCUT2D eigenvalue weighted by atomic mass is 10.1. The van der Waals surface area contributed by atoms with Crippen LogP contribution in [0.5, 0.6) is 0 Å². The van der Waals surface area contributed by atoms with Gasteiger partial charge in [0, 0.05) is 54.2 Å². The minimum Gasteiger partial charge on any atom is -0.403 e. The highest BCUT2D eigenvalue weighted by Gasteiger charge is 2.27. The highest BCUT2D eigenvalue weighted by molar-refractivity contribution is 5.89. The number of nitrogens with zero attached hydrogens (tertiary/aromatic N) is 3. The number of carbonyl (C=O) groups excluding carboxylic acids is 1. The number of alkyl halides is 3. The third-order valence-electron chi connectivity index (χ3n) is 4.82. The Labute approximate surface area is 195 Å². The average molecular weight is 470 g/mol. The summed E-state index contributed by atoms with van der Waals surface area (Å²) in [4.78, 5) is 17.9. The molecule has 0 fully saturated rings. The van der Waals surface area contributed by atoms with Crippen molar-refractivity contribution in [3.05, 3.63) is 78.2 Å². The second kappa shape index (κ2) is 10.7. The molecule has 0 aliphatic carbocycles. The van der Waals surface area contributed by atoms with Gasteiger partial charge < -0.3 is 25.8 Å². The minimum absolute atomic E-state index is 0.261. The number of benzene rings is 1. The maximum atomic E-state index is 12.3. The fraction of sp³-hybridized carbons (Fsp3) is 0.250. The molecular weight excluding hydrogens is 445 g/mol. The summed E-state index contributed by atoms with van der Waals surface area (Å²) in [6, 6.07) is 5.98. The van der Waals surface area contributed by atoms with Gasteiger partial charge in [-0.1, -0.05) is 18.1 Å². The number of imidazole rings is 1. The van der Waals surface area contributed by atoms with E-state index in [2.05, 4.69) is 36.0 Å². The molecule has 3 rings (SSSR count). The van der Waals surface area contributed by atoms with E-state index in [-0.39, 0.29) is 6.04 Å². The molecule has 1 aliphatic rings. The number of urea groups is 1. The zero-order chi connectivity index (χ0) is 24.7. The Morgan fingerprint density at radius 3 is 2.76 bits per heavy atom. The van der Waals surface area contributed by atoms with E-state index in [1.807, 2.05) is 34.0 Å². The molecule has 0 radical (unpaired) electrons. The number of anilines is 1. The van der Waals surface area contributed by atoms with Crippen molar-refractivity contribution < 1.29 is 18.0 Å². The monoisotopic (exact) mass is 470 g/mol. The van der Waals surface area contributed by atoms with Gasteiger partial charge in [0.05, 0.1) is 5.70 Å². The maximum Gasteiger partial charge on any atom is 0.405 e. The number of amides is 2. The summed E-state index contributed by atoms with van der Waals surface area (Å²) in [6.07, 6.45) is 6.20. The van der Waals surface area contributed by atoms with Gasteiger partial charge in [-0.25, -0.2) is 9.78 Å². The molecule has 0 unspecified atom stereocenters. The standard InChI is InChI=1S/C24H25F3N6O/c1-17(2)33-13-10-29-22(33)7-6-18-8-11-32(12-9-18)21(15-28)19-4-3-5-20(14-19)31-23(34)30-16-24(25,26)27/h3-5,8-11,13-15,17H,12,16,28H2,1-2H3,(H2,30,31,34)/b21-15-. The van der Waals surface area contributed by atoms with E-state index in [9.17, 15) is 18.0 Å². The number of carbonyl (C=O) groups is 1. The summed E-state index contributed by atoms with van der Waals surface area (Å²) in [5.74, 6) is 6.90. The van der Waals surface area contributed by atoms with Crippen molar-refractivity contribution in [1.82, 2.24) is 19.8 Å². The van der Waals surface area contributed by atoms with Crippen LogP contribution in [0.2, 0.25) is 0 Å². The fourth-order valence-electron chi connectivity index (χ4n) is 3.19. The molecule has 0 saturated heterocycles. The molecule has 178 valence electrons. The van der Waals surface area contributed by atoms with E-state index < -0.39 is 18.8 Å². The molecule has 1 aromatic heterocycles. The van der Waals surface area contributed by atoms with Crippen molar-refractivity contribution in [3.63, 3.8) is 0 Å². The molecule has 0 bridgehead atoms. The Kier molecular flexibility index (Phi) is 7.68. The molecule has 1 aliphatic heterocycles. The van der Waals surface area contributed by atoms with Crippen molar-refractivity contribution in [2.45, 2.75) is 26.1 Å². The number of allylic oxidation sites excluding steroid dienone is 2. The van der Waals surface area contributed by atoms with E-state index in [1.54, 1.807) is 35.8 Å². The number of nitrogens with two attached hydrogens (primary N) is 1. The summed E-state index contributed by atoms with van der Waals surface area (Å²) in [5.41, 5.74) is 8.38. The van der Waals surface area contributed by atoms with Gasteiger partial charge in [0.15, 0.2) is 5.82 Å². The molecule has 10 heteroatoms. The summed E-state index contributed by atoms with van der Waals surface area (Å²) in [5, 5.41) is 4.16. The van der Waals surface area contributed by atoms with Crippen molar-refractivity contribution in [2.24, 2.45) is 5.73 Å². The van der Waals surface area contributed by atoms with Crippen molar-refractivity contribution in [1.29, 1.82) is 0 Å². The van der Waals surface area contributed by atoms with Gasteiger partial charge >= 0.3 is 12.2 Å². The number of rotatable bonds is 5. The predicted octanol–water partition coefficient (Wildman–Crippen LogP) is 4.21. The van der Waals surface area contributed by atoms with Gasteiger partial charge in [0.2, 0.25) is 0 Å². The minimum atomic E-state index is -4.48. The van der Waals surface area contributed by atoms with Crippen LogP contribution in [0.1, 0.15) is 31.3 Å². The average Bonchev–Trinajstić information content (AvgIpc) is 3.27. The summed E-state index contributed by atoms with van der Waals surface area (Å²) < 4.78 is 38.8. The molecule has 0 saturated carbocycles. The normalized spacial score (nSPS) is 13.9. The number of aromatic nitrogens is 2. The number of hydrogen-bond donors (Lipinski definition) is 3. The predicted molar refractivity (Wildman–Crippen MR) is 125 cm³/mol. The van der Waals surface area contributed by atoms with Crippen LogP contribution < -0.4 is 16.4 Å². The Bertz CT molecular complexity index is 1180. The first-order chi connectivity index (χ1) is 16.2. The van der Waals surface area contributed by atoms with Crippen molar-refractivity contribution in [3.8, 4) is 11.8 Å². The lowest BCUT2D eigenvalue weighted by Crippen LogP contribution is -2.36. The first kappa shape index (κ1) is 24.5. The molecule has 4 N–H and O–H groups in total.